The van der Waals surface area contributed by atoms with Gasteiger partial charge in [-0.3, -0.25) is 0 Å². The van der Waals surface area contributed by atoms with Crippen molar-refractivity contribution >= 4 is 9.84 Å². The molecule has 0 aromatic heterocycles. The van der Waals surface area contributed by atoms with Crippen LogP contribution in [0.2, 0.25) is 0 Å². The van der Waals surface area contributed by atoms with Crippen LogP contribution in [0.3, 0.4) is 0 Å². The average Bonchev–Trinajstić information content (AvgIpc) is 2.15. The van der Waals surface area contributed by atoms with Gasteiger partial charge in [-0.05, 0) is 31.6 Å². The number of sulfone groups is 1. The van der Waals surface area contributed by atoms with E-state index in [0.717, 1.165) is 25.7 Å². The Morgan fingerprint density at radius 3 is 2.53 bits per heavy atom. The fraction of sp³-hybridized carbons (Fsp3) is 1.00. The lowest BCUT2D eigenvalue weighted by Gasteiger charge is -2.26. The topological polar surface area (TPSA) is 60.2 Å². The Morgan fingerprint density at radius 1 is 1.33 bits per heavy atom. The summed E-state index contributed by atoms with van der Waals surface area (Å²) in [6, 6.07) is 0.0950. The lowest BCUT2D eigenvalue weighted by Crippen LogP contribution is -2.36. The monoisotopic (exact) mass is 233 g/mol. The van der Waals surface area contributed by atoms with Crippen LogP contribution in [0.1, 0.15) is 46.0 Å². The zero-order chi connectivity index (χ0) is 11.5. The van der Waals surface area contributed by atoms with Crippen LogP contribution in [0.5, 0.6) is 0 Å². The van der Waals surface area contributed by atoms with E-state index in [9.17, 15) is 8.42 Å². The molecule has 1 saturated carbocycles. The molecule has 4 heteroatoms. The van der Waals surface area contributed by atoms with Gasteiger partial charge in [0.15, 0.2) is 9.84 Å². The Hall–Kier alpha value is -0.0900. The molecule has 90 valence electrons. The van der Waals surface area contributed by atoms with E-state index < -0.39 is 9.84 Å². The molecule has 1 fully saturated rings. The maximum atomic E-state index is 12.0. The second-order valence-corrected chi connectivity index (χ2v) is 7.50. The summed E-state index contributed by atoms with van der Waals surface area (Å²) in [5.41, 5.74) is 5.81. The van der Waals surface area contributed by atoms with E-state index in [4.69, 9.17) is 5.73 Å². The highest BCUT2D eigenvalue weighted by atomic mass is 32.2. The molecule has 0 spiro atoms. The number of hydrogen-bond donors (Lipinski definition) is 1. The fourth-order valence-electron chi connectivity index (χ4n) is 2.07. The van der Waals surface area contributed by atoms with Gasteiger partial charge in [0.25, 0.3) is 0 Å². The average molecular weight is 233 g/mol. The van der Waals surface area contributed by atoms with Gasteiger partial charge in [0.1, 0.15) is 0 Å². The fourth-order valence-corrected chi connectivity index (χ4v) is 4.27. The van der Waals surface area contributed by atoms with E-state index in [1.165, 1.54) is 0 Å². The summed E-state index contributed by atoms with van der Waals surface area (Å²) < 4.78 is 24.0. The molecule has 0 radical (unpaired) electrons. The highest BCUT2D eigenvalue weighted by Crippen LogP contribution is 2.24. The highest BCUT2D eigenvalue weighted by Gasteiger charge is 2.29. The predicted octanol–water partition coefficient (Wildman–Crippen LogP) is 1.72. The Labute approximate surface area is 93.3 Å². The minimum Gasteiger partial charge on any atom is -0.328 e. The molecule has 2 N–H and O–H groups in total. The first-order valence-corrected chi connectivity index (χ1v) is 7.60. The van der Waals surface area contributed by atoms with E-state index >= 15 is 0 Å². The third-order valence-electron chi connectivity index (χ3n) is 3.15. The molecule has 0 amide bonds. The molecule has 0 heterocycles. The van der Waals surface area contributed by atoms with Gasteiger partial charge in [0.2, 0.25) is 0 Å². The van der Waals surface area contributed by atoms with Crippen LogP contribution in [0.15, 0.2) is 0 Å². The number of rotatable bonds is 4. The third-order valence-corrected chi connectivity index (χ3v) is 5.40. The van der Waals surface area contributed by atoms with Gasteiger partial charge < -0.3 is 5.73 Å². The van der Waals surface area contributed by atoms with E-state index in [-0.39, 0.29) is 11.3 Å². The summed E-state index contributed by atoms with van der Waals surface area (Å²) in [4.78, 5) is 0. The van der Waals surface area contributed by atoms with Crippen molar-refractivity contribution in [3.63, 3.8) is 0 Å². The SMILES string of the molecule is CC(C)CCS(=O)(=O)C1CCCC(N)C1. The molecule has 15 heavy (non-hydrogen) atoms. The zero-order valence-electron chi connectivity index (χ0n) is 9.78. The van der Waals surface area contributed by atoms with E-state index in [2.05, 4.69) is 13.8 Å². The molecule has 0 aromatic carbocycles. The maximum Gasteiger partial charge on any atom is 0.153 e. The molecular formula is C11H23NO2S. The Balaban J connectivity index is 2.52. The Morgan fingerprint density at radius 2 is 2.00 bits per heavy atom. The molecule has 1 aliphatic rings. The van der Waals surface area contributed by atoms with Gasteiger partial charge >= 0.3 is 0 Å². The first-order valence-electron chi connectivity index (χ1n) is 5.89. The van der Waals surface area contributed by atoms with Crippen molar-refractivity contribution in [1.29, 1.82) is 0 Å². The van der Waals surface area contributed by atoms with Crippen molar-refractivity contribution < 1.29 is 8.42 Å². The van der Waals surface area contributed by atoms with Gasteiger partial charge in [-0.1, -0.05) is 20.3 Å². The lowest BCUT2D eigenvalue weighted by atomic mass is 9.96. The second-order valence-electron chi connectivity index (χ2n) is 5.10. The smallest absolute Gasteiger partial charge is 0.153 e. The predicted molar refractivity (Wildman–Crippen MR) is 63.5 cm³/mol. The maximum absolute atomic E-state index is 12.0. The largest absolute Gasteiger partial charge is 0.328 e. The summed E-state index contributed by atoms with van der Waals surface area (Å²) in [6.45, 7) is 4.12. The van der Waals surface area contributed by atoms with Crippen molar-refractivity contribution in [2.24, 2.45) is 11.7 Å². The van der Waals surface area contributed by atoms with Crippen LogP contribution in [-0.4, -0.2) is 25.5 Å². The Kier molecular flexibility index (Phi) is 4.59. The number of nitrogens with two attached hydrogens (primary N) is 1. The second kappa shape index (κ2) is 5.30. The minimum absolute atomic E-state index is 0.0950. The third kappa shape index (κ3) is 4.11. The molecule has 3 nitrogen and oxygen atoms in total. The zero-order valence-corrected chi connectivity index (χ0v) is 10.6. The van der Waals surface area contributed by atoms with Gasteiger partial charge in [-0.25, -0.2) is 8.42 Å². The van der Waals surface area contributed by atoms with Crippen molar-refractivity contribution in [3.8, 4) is 0 Å². The van der Waals surface area contributed by atoms with E-state index in [0.29, 0.717) is 18.1 Å². The quantitative estimate of drug-likeness (QED) is 0.804. The van der Waals surface area contributed by atoms with Crippen molar-refractivity contribution in [3.05, 3.63) is 0 Å². The van der Waals surface area contributed by atoms with Crippen LogP contribution in [-0.2, 0) is 9.84 Å². The molecule has 1 rings (SSSR count). The summed E-state index contributed by atoms with van der Waals surface area (Å²) in [5, 5.41) is -0.167. The van der Waals surface area contributed by atoms with E-state index in [1.54, 1.807) is 0 Å². The molecule has 0 bridgehead atoms. The van der Waals surface area contributed by atoms with Gasteiger partial charge in [0.05, 0.1) is 11.0 Å². The summed E-state index contributed by atoms with van der Waals surface area (Å²) in [5.74, 6) is 0.791. The van der Waals surface area contributed by atoms with Gasteiger partial charge in [-0.2, -0.15) is 0 Å². The summed E-state index contributed by atoms with van der Waals surface area (Å²) in [6.07, 6.45) is 4.20. The van der Waals surface area contributed by atoms with Crippen LogP contribution in [0.25, 0.3) is 0 Å². The lowest BCUT2D eigenvalue weighted by molar-refractivity contribution is 0.431. The molecule has 2 atom stereocenters. The summed E-state index contributed by atoms with van der Waals surface area (Å²) >= 11 is 0. The van der Waals surface area contributed by atoms with Crippen LogP contribution in [0.4, 0.5) is 0 Å². The molecule has 0 saturated heterocycles. The standard InChI is InChI=1S/C11H23NO2S/c1-9(2)6-7-15(13,14)11-5-3-4-10(12)8-11/h9-11H,3-8,12H2,1-2H3. The number of hydrogen-bond acceptors (Lipinski definition) is 3. The van der Waals surface area contributed by atoms with Crippen molar-refractivity contribution in [1.82, 2.24) is 0 Å². The van der Waals surface area contributed by atoms with Gasteiger partial charge in [-0.15, -0.1) is 0 Å². The highest BCUT2D eigenvalue weighted by molar-refractivity contribution is 7.92. The van der Waals surface area contributed by atoms with Crippen LogP contribution in [0, 0.1) is 5.92 Å². The first kappa shape index (κ1) is 13.0. The van der Waals surface area contributed by atoms with E-state index in [1.807, 2.05) is 0 Å². The molecule has 0 aromatic rings. The molecule has 2 unspecified atom stereocenters. The van der Waals surface area contributed by atoms with Crippen LogP contribution < -0.4 is 5.73 Å². The van der Waals surface area contributed by atoms with Crippen LogP contribution >= 0.6 is 0 Å². The van der Waals surface area contributed by atoms with Crippen molar-refractivity contribution in [2.75, 3.05) is 5.75 Å². The van der Waals surface area contributed by atoms with Crippen molar-refractivity contribution in [2.45, 2.75) is 57.2 Å². The molecular weight excluding hydrogens is 210 g/mol. The molecule has 1 aliphatic carbocycles. The van der Waals surface area contributed by atoms with Gasteiger partial charge in [0, 0.05) is 6.04 Å². The minimum atomic E-state index is -2.89. The normalized spacial score (nSPS) is 28.3. The first-order chi connectivity index (χ1) is 6.92. The molecule has 0 aliphatic heterocycles. The Bertz CT molecular complexity index is 285. The summed E-state index contributed by atoms with van der Waals surface area (Å²) in [7, 11) is -2.89.